The third-order valence-electron chi connectivity index (χ3n) is 1.60. The summed E-state index contributed by atoms with van der Waals surface area (Å²) in [5.41, 5.74) is 0. The smallest absolute Gasteiger partial charge is 0.267 e. The minimum atomic E-state index is -0.248. The highest BCUT2D eigenvalue weighted by Gasteiger charge is 2.11. The number of aromatic nitrogens is 1. The highest BCUT2D eigenvalue weighted by atomic mass is 79.9. The molecule has 0 radical (unpaired) electrons. The van der Waals surface area contributed by atoms with Gasteiger partial charge in [0.15, 0.2) is 10.1 Å². The molecule has 16 heavy (non-hydrogen) atoms. The SMILES string of the molecule is O=Nc1cnc(NC(=O)c2ccc(Br)s2)s1. The van der Waals surface area contributed by atoms with Crippen LogP contribution in [0.25, 0.3) is 0 Å². The zero-order valence-corrected chi connectivity index (χ0v) is 10.9. The van der Waals surface area contributed by atoms with E-state index in [1.165, 1.54) is 17.5 Å². The number of hydrogen-bond acceptors (Lipinski definition) is 6. The van der Waals surface area contributed by atoms with Crippen molar-refractivity contribution in [3.05, 3.63) is 31.9 Å². The van der Waals surface area contributed by atoms with Crippen LogP contribution in [0.4, 0.5) is 10.1 Å². The Labute approximate surface area is 107 Å². The number of thiazole rings is 1. The first-order valence-electron chi connectivity index (χ1n) is 4.05. The maximum atomic E-state index is 11.7. The van der Waals surface area contributed by atoms with Crippen molar-refractivity contribution >= 4 is 54.6 Å². The summed E-state index contributed by atoms with van der Waals surface area (Å²) in [4.78, 5) is 26.3. The molecule has 0 spiro atoms. The molecule has 0 saturated heterocycles. The molecule has 82 valence electrons. The lowest BCUT2D eigenvalue weighted by atomic mass is 10.4. The van der Waals surface area contributed by atoms with Crippen LogP contribution in [-0.2, 0) is 0 Å². The molecule has 0 aliphatic rings. The lowest BCUT2D eigenvalue weighted by Gasteiger charge is -1.96. The molecule has 0 unspecified atom stereocenters. The van der Waals surface area contributed by atoms with Crippen LogP contribution in [0.3, 0.4) is 0 Å². The molecule has 1 amide bonds. The fourth-order valence-electron chi connectivity index (χ4n) is 0.961. The lowest BCUT2D eigenvalue weighted by molar-refractivity contribution is 0.103. The molecule has 0 bridgehead atoms. The highest BCUT2D eigenvalue weighted by Crippen LogP contribution is 2.27. The molecule has 0 aliphatic carbocycles. The van der Waals surface area contributed by atoms with Gasteiger partial charge in [-0.15, -0.1) is 16.2 Å². The number of hydrogen-bond donors (Lipinski definition) is 1. The van der Waals surface area contributed by atoms with Gasteiger partial charge in [-0.05, 0) is 33.2 Å². The van der Waals surface area contributed by atoms with Gasteiger partial charge in [0.2, 0.25) is 0 Å². The Morgan fingerprint density at radius 2 is 2.25 bits per heavy atom. The largest absolute Gasteiger partial charge is 0.297 e. The van der Waals surface area contributed by atoms with Crippen LogP contribution in [0.1, 0.15) is 9.67 Å². The molecule has 1 N–H and O–H groups in total. The summed E-state index contributed by atoms with van der Waals surface area (Å²) in [6, 6.07) is 3.50. The van der Waals surface area contributed by atoms with Crippen molar-refractivity contribution in [3.63, 3.8) is 0 Å². The zero-order chi connectivity index (χ0) is 11.5. The molecule has 0 atom stereocenters. The van der Waals surface area contributed by atoms with Crippen LogP contribution in [-0.4, -0.2) is 10.9 Å². The van der Waals surface area contributed by atoms with Crippen molar-refractivity contribution in [2.45, 2.75) is 0 Å². The molecular weight excluding hydrogens is 314 g/mol. The van der Waals surface area contributed by atoms with Crippen LogP contribution in [0.5, 0.6) is 0 Å². The van der Waals surface area contributed by atoms with Crippen LogP contribution in [0, 0.1) is 4.91 Å². The molecule has 2 aromatic rings. The lowest BCUT2D eigenvalue weighted by Crippen LogP contribution is -2.09. The molecule has 8 heteroatoms. The van der Waals surface area contributed by atoms with E-state index in [1.807, 2.05) is 0 Å². The first-order valence-corrected chi connectivity index (χ1v) is 6.47. The molecule has 5 nitrogen and oxygen atoms in total. The second kappa shape index (κ2) is 4.81. The number of anilines is 1. The first kappa shape index (κ1) is 11.4. The van der Waals surface area contributed by atoms with Gasteiger partial charge < -0.3 is 0 Å². The number of nitrogens with one attached hydrogen (secondary N) is 1. The zero-order valence-electron chi connectivity index (χ0n) is 7.64. The number of amides is 1. The number of carbonyl (C=O) groups excluding carboxylic acids is 1. The van der Waals surface area contributed by atoms with Gasteiger partial charge in [-0.1, -0.05) is 11.3 Å². The molecule has 2 aromatic heterocycles. The summed E-state index contributed by atoms with van der Waals surface area (Å²) in [7, 11) is 0. The molecule has 0 fully saturated rings. The van der Waals surface area contributed by atoms with Gasteiger partial charge in [0.25, 0.3) is 5.91 Å². The highest BCUT2D eigenvalue weighted by molar-refractivity contribution is 9.11. The van der Waals surface area contributed by atoms with Gasteiger partial charge in [-0.25, -0.2) is 4.98 Å². The third kappa shape index (κ3) is 2.52. The minimum absolute atomic E-state index is 0.239. The van der Waals surface area contributed by atoms with E-state index in [9.17, 15) is 9.70 Å². The summed E-state index contributed by atoms with van der Waals surface area (Å²) in [5.74, 6) is -0.248. The van der Waals surface area contributed by atoms with Gasteiger partial charge in [0.05, 0.1) is 14.9 Å². The maximum Gasteiger partial charge on any atom is 0.267 e. The molecule has 2 rings (SSSR count). The van der Waals surface area contributed by atoms with Gasteiger partial charge in [-0.3, -0.25) is 10.1 Å². The molecular formula is C8H4BrN3O2S2. The number of nitroso groups, excluding NO2 is 1. The van der Waals surface area contributed by atoms with Gasteiger partial charge in [0.1, 0.15) is 0 Å². The summed E-state index contributed by atoms with van der Waals surface area (Å²) >= 11 is 5.63. The Kier molecular flexibility index (Phi) is 3.42. The first-order chi connectivity index (χ1) is 7.69. The van der Waals surface area contributed by atoms with Crippen LogP contribution in [0.15, 0.2) is 27.3 Å². The number of nitrogens with zero attached hydrogens (tertiary/aromatic N) is 2. The van der Waals surface area contributed by atoms with Crippen LogP contribution in [0.2, 0.25) is 0 Å². The topological polar surface area (TPSA) is 71.4 Å². The number of rotatable bonds is 3. The maximum absolute atomic E-state index is 11.7. The number of halogens is 1. The third-order valence-corrected chi connectivity index (χ3v) is 4.01. The quantitative estimate of drug-likeness (QED) is 0.879. The predicted molar refractivity (Wildman–Crippen MR) is 67.5 cm³/mol. The Hall–Kier alpha value is -1.12. The molecule has 2 heterocycles. The van der Waals surface area contributed by atoms with Crippen molar-refractivity contribution in [2.24, 2.45) is 5.18 Å². The Morgan fingerprint density at radius 1 is 1.44 bits per heavy atom. The Bertz CT molecular complexity index is 537. The van der Waals surface area contributed by atoms with E-state index in [4.69, 9.17) is 0 Å². The van der Waals surface area contributed by atoms with Crippen molar-refractivity contribution in [1.29, 1.82) is 0 Å². The summed E-state index contributed by atoms with van der Waals surface area (Å²) in [6.45, 7) is 0. The van der Waals surface area contributed by atoms with Crippen LogP contribution < -0.4 is 5.32 Å². The van der Waals surface area contributed by atoms with E-state index in [0.717, 1.165) is 15.1 Å². The molecule has 0 aromatic carbocycles. The van der Waals surface area contributed by atoms with Gasteiger partial charge >= 0.3 is 0 Å². The van der Waals surface area contributed by atoms with E-state index in [2.05, 4.69) is 31.4 Å². The number of thiophene rings is 1. The summed E-state index contributed by atoms with van der Waals surface area (Å²) in [5, 5.41) is 5.91. The van der Waals surface area contributed by atoms with Crippen molar-refractivity contribution in [2.75, 3.05) is 5.32 Å². The second-order valence-electron chi connectivity index (χ2n) is 2.65. The van der Waals surface area contributed by atoms with Gasteiger partial charge in [0, 0.05) is 0 Å². The summed E-state index contributed by atoms with van der Waals surface area (Å²) in [6.07, 6.45) is 1.32. The fraction of sp³-hybridized carbons (Fsp3) is 0. The van der Waals surface area contributed by atoms with Crippen molar-refractivity contribution < 1.29 is 4.79 Å². The second-order valence-corrected chi connectivity index (χ2v) is 6.12. The monoisotopic (exact) mass is 317 g/mol. The summed E-state index contributed by atoms with van der Waals surface area (Å²) < 4.78 is 0.882. The average Bonchev–Trinajstić information content (AvgIpc) is 2.87. The van der Waals surface area contributed by atoms with E-state index in [1.54, 1.807) is 12.1 Å². The average molecular weight is 318 g/mol. The fourth-order valence-corrected chi connectivity index (χ4v) is 2.83. The van der Waals surface area contributed by atoms with Gasteiger partial charge in [-0.2, -0.15) is 0 Å². The van der Waals surface area contributed by atoms with Crippen molar-refractivity contribution in [3.8, 4) is 0 Å². The van der Waals surface area contributed by atoms with E-state index < -0.39 is 0 Å². The Balaban J connectivity index is 2.10. The van der Waals surface area contributed by atoms with E-state index in [0.29, 0.717) is 10.0 Å². The number of carbonyl (C=O) groups is 1. The molecule has 0 saturated carbocycles. The normalized spacial score (nSPS) is 10.1. The molecule has 0 aliphatic heterocycles. The predicted octanol–water partition coefficient (Wildman–Crippen LogP) is 3.62. The standard InChI is InChI=1S/C8H4BrN3O2S2/c9-5-2-1-4(15-5)7(13)11-8-10-3-6(12-14)16-8/h1-3H,(H,10,11,13). The van der Waals surface area contributed by atoms with Crippen LogP contribution >= 0.6 is 38.6 Å². The van der Waals surface area contributed by atoms with E-state index >= 15 is 0 Å². The van der Waals surface area contributed by atoms with Crippen molar-refractivity contribution in [1.82, 2.24) is 4.98 Å². The Morgan fingerprint density at radius 3 is 2.81 bits per heavy atom. The minimum Gasteiger partial charge on any atom is -0.297 e. The van der Waals surface area contributed by atoms with E-state index in [-0.39, 0.29) is 10.9 Å².